The van der Waals surface area contributed by atoms with E-state index in [0.717, 1.165) is 33.7 Å². The zero-order chi connectivity index (χ0) is 23.5. The third kappa shape index (κ3) is 4.59. The summed E-state index contributed by atoms with van der Waals surface area (Å²) in [7, 11) is 1.43. The van der Waals surface area contributed by atoms with Crippen molar-refractivity contribution in [3.8, 4) is 17.0 Å². The highest BCUT2D eigenvalue weighted by molar-refractivity contribution is 6.03. The molecular weight excluding hydrogens is 420 g/mol. The molecule has 4 aromatic rings. The molecule has 2 aromatic carbocycles. The summed E-state index contributed by atoms with van der Waals surface area (Å²) in [5, 5.41) is 13.7. The van der Waals surface area contributed by atoms with Crippen molar-refractivity contribution in [3.63, 3.8) is 0 Å². The minimum absolute atomic E-state index is 0.145. The molecule has 8 nitrogen and oxygen atoms in total. The molecule has 0 fully saturated rings. The Morgan fingerprint density at radius 3 is 2.55 bits per heavy atom. The Kier molecular flexibility index (Phi) is 5.91. The van der Waals surface area contributed by atoms with Crippen LogP contribution in [0.5, 0.6) is 5.75 Å². The first-order chi connectivity index (χ1) is 15.9. The Morgan fingerprint density at radius 1 is 1.09 bits per heavy atom. The van der Waals surface area contributed by atoms with Crippen molar-refractivity contribution >= 4 is 29.0 Å². The molecule has 0 spiro atoms. The highest BCUT2D eigenvalue weighted by Crippen LogP contribution is 2.29. The number of fused-ring (bicyclic) bond motifs is 1. The number of benzene rings is 2. The Bertz CT molecular complexity index is 1390. The molecule has 33 heavy (non-hydrogen) atoms. The van der Waals surface area contributed by atoms with Gasteiger partial charge in [0.25, 0.3) is 5.69 Å². The van der Waals surface area contributed by atoms with E-state index in [-0.39, 0.29) is 11.4 Å². The van der Waals surface area contributed by atoms with Gasteiger partial charge >= 0.3 is 0 Å². The van der Waals surface area contributed by atoms with E-state index in [1.54, 1.807) is 6.08 Å². The summed E-state index contributed by atoms with van der Waals surface area (Å²) in [6.45, 7) is 4.01. The van der Waals surface area contributed by atoms with Gasteiger partial charge in [0.05, 0.1) is 29.1 Å². The number of carbonyl (C=O) groups is 1. The molecule has 0 saturated heterocycles. The lowest BCUT2D eigenvalue weighted by molar-refractivity contribution is -0.384. The molecule has 0 unspecified atom stereocenters. The SMILES string of the molecule is COc1ccc([N+](=O)[O-])cc1NC(=O)/C=C/c1c(-c2ccc(C)cc2)nc2cc(C)ccn12. The molecule has 0 aliphatic rings. The molecule has 166 valence electrons. The quantitative estimate of drug-likeness (QED) is 0.252. The molecule has 0 aliphatic heterocycles. The summed E-state index contributed by atoms with van der Waals surface area (Å²) < 4.78 is 7.13. The number of rotatable bonds is 6. The predicted molar refractivity (Wildman–Crippen MR) is 127 cm³/mol. The maximum absolute atomic E-state index is 12.7. The van der Waals surface area contributed by atoms with Crippen molar-refractivity contribution in [1.29, 1.82) is 0 Å². The smallest absolute Gasteiger partial charge is 0.271 e. The molecule has 0 aliphatic carbocycles. The van der Waals surface area contributed by atoms with E-state index in [1.807, 2.05) is 60.8 Å². The van der Waals surface area contributed by atoms with Crippen LogP contribution in [0.1, 0.15) is 16.8 Å². The van der Waals surface area contributed by atoms with Gasteiger partial charge in [0.1, 0.15) is 11.4 Å². The highest BCUT2D eigenvalue weighted by Gasteiger charge is 2.15. The number of hydrogen-bond acceptors (Lipinski definition) is 5. The molecule has 0 bridgehead atoms. The van der Waals surface area contributed by atoms with Crippen LogP contribution in [0.4, 0.5) is 11.4 Å². The molecule has 1 amide bonds. The third-order valence-corrected chi connectivity index (χ3v) is 5.19. The first-order valence-corrected chi connectivity index (χ1v) is 10.2. The summed E-state index contributed by atoms with van der Waals surface area (Å²) in [5.74, 6) is -0.126. The molecule has 2 heterocycles. The van der Waals surface area contributed by atoms with Crippen molar-refractivity contribution in [2.75, 3.05) is 12.4 Å². The van der Waals surface area contributed by atoms with E-state index in [2.05, 4.69) is 5.32 Å². The van der Waals surface area contributed by atoms with Crippen molar-refractivity contribution in [2.24, 2.45) is 0 Å². The summed E-state index contributed by atoms with van der Waals surface area (Å²) in [6, 6.07) is 16.0. The van der Waals surface area contributed by atoms with Crippen LogP contribution in [0.2, 0.25) is 0 Å². The number of anilines is 1. The highest BCUT2D eigenvalue weighted by atomic mass is 16.6. The molecule has 0 radical (unpaired) electrons. The van der Waals surface area contributed by atoms with Gasteiger partial charge in [-0.2, -0.15) is 0 Å². The molecule has 2 aromatic heterocycles. The van der Waals surface area contributed by atoms with Crippen LogP contribution in [0.25, 0.3) is 23.0 Å². The van der Waals surface area contributed by atoms with Crippen LogP contribution in [-0.2, 0) is 4.79 Å². The van der Waals surface area contributed by atoms with Crippen molar-refractivity contribution in [1.82, 2.24) is 9.38 Å². The van der Waals surface area contributed by atoms with Crippen molar-refractivity contribution < 1.29 is 14.5 Å². The van der Waals surface area contributed by atoms with Gasteiger partial charge in [0.2, 0.25) is 5.91 Å². The fourth-order valence-electron chi connectivity index (χ4n) is 3.48. The summed E-state index contributed by atoms with van der Waals surface area (Å²) in [4.78, 5) is 28.0. The Morgan fingerprint density at radius 2 is 1.85 bits per heavy atom. The van der Waals surface area contributed by atoms with E-state index in [1.165, 1.54) is 31.4 Å². The van der Waals surface area contributed by atoms with E-state index in [0.29, 0.717) is 5.75 Å². The largest absolute Gasteiger partial charge is 0.495 e. The molecule has 0 atom stereocenters. The van der Waals surface area contributed by atoms with Gasteiger partial charge in [0.15, 0.2) is 0 Å². The standard InChI is InChI=1S/C25H22N4O4/c1-16-4-6-18(7-5-16)25-21(28-13-12-17(2)14-23(28)27-25)9-11-24(30)26-20-15-19(29(31)32)8-10-22(20)33-3/h4-15H,1-3H3,(H,26,30)/b11-9+. The molecule has 1 N–H and O–H groups in total. The third-order valence-electron chi connectivity index (χ3n) is 5.19. The number of pyridine rings is 1. The lowest BCUT2D eigenvalue weighted by Gasteiger charge is -2.08. The fourth-order valence-corrected chi connectivity index (χ4v) is 3.48. The van der Waals surface area contributed by atoms with E-state index < -0.39 is 10.8 Å². The lowest BCUT2D eigenvalue weighted by Crippen LogP contribution is -2.09. The van der Waals surface area contributed by atoms with Crippen molar-refractivity contribution in [2.45, 2.75) is 13.8 Å². The number of imidazole rings is 1. The number of ether oxygens (including phenoxy) is 1. The van der Waals surface area contributed by atoms with Gasteiger partial charge in [-0.1, -0.05) is 29.8 Å². The van der Waals surface area contributed by atoms with Gasteiger partial charge in [-0.15, -0.1) is 0 Å². The molecule has 8 heteroatoms. The number of aromatic nitrogens is 2. The maximum atomic E-state index is 12.7. The number of amides is 1. The van der Waals surface area contributed by atoms with Gasteiger partial charge in [-0.3, -0.25) is 19.3 Å². The van der Waals surface area contributed by atoms with E-state index in [4.69, 9.17) is 9.72 Å². The molecular formula is C25H22N4O4. The van der Waals surface area contributed by atoms with Gasteiger partial charge < -0.3 is 10.1 Å². The van der Waals surface area contributed by atoms with Crippen LogP contribution in [0.3, 0.4) is 0 Å². The van der Waals surface area contributed by atoms with Gasteiger partial charge in [-0.05, 0) is 43.7 Å². The number of non-ortho nitro benzene ring substituents is 1. The minimum atomic E-state index is -0.529. The van der Waals surface area contributed by atoms with Crippen LogP contribution < -0.4 is 10.1 Å². The van der Waals surface area contributed by atoms with Gasteiger partial charge in [-0.25, -0.2) is 4.98 Å². The normalized spacial score (nSPS) is 11.1. The number of aryl methyl sites for hydroxylation is 2. The van der Waals surface area contributed by atoms with E-state index >= 15 is 0 Å². The number of nitrogens with one attached hydrogen (secondary N) is 1. The second-order valence-electron chi connectivity index (χ2n) is 7.61. The van der Waals surface area contributed by atoms with Crippen LogP contribution in [0.15, 0.2) is 66.9 Å². The van der Waals surface area contributed by atoms with Crippen LogP contribution >= 0.6 is 0 Å². The van der Waals surface area contributed by atoms with Crippen molar-refractivity contribution in [3.05, 3.63) is 93.8 Å². The number of nitro groups is 1. The fraction of sp³-hybridized carbons (Fsp3) is 0.120. The number of nitro benzene ring substituents is 1. The van der Waals surface area contributed by atoms with Crippen LogP contribution in [-0.4, -0.2) is 27.3 Å². The van der Waals surface area contributed by atoms with Gasteiger partial charge in [0, 0.05) is 30.0 Å². The zero-order valence-electron chi connectivity index (χ0n) is 18.4. The average Bonchev–Trinajstić information content (AvgIpc) is 3.15. The summed E-state index contributed by atoms with van der Waals surface area (Å²) in [6.07, 6.45) is 4.97. The molecule has 4 rings (SSSR count). The minimum Gasteiger partial charge on any atom is -0.495 e. The Balaban J connectivity index is 1.70. The zero-order valence-corrected chi connectivity index (χ0v) is 18.4. The average molecular weight is 442 g/mol. The van der Waals surface area contributed by atoms with E-state index in [9.17, 15) is 14.9 Å². The Hall–Kier alpha value is -4.46. The van der Waals surface area contributed by atoms with Crippen LogP contribution in [0, 0.1) is 24.0 Å². The predicted octanol–water partition coefficient (Wildman–Crippen LogP) is 5.19. The number of methoxy groups -OCH3 is 1. The topological polar surface area (TPSA) is 98.8 Å². The first-order valence-electron chi connectivity index (χ1n) is 10.2. The molecule has 0 saturated carbocycles. The number of carbonyl (C=O) groups excluding carboxylic acids is 1. The second-order valence-corrected chi connectivity index (χ2v) is 7.61. The summed E-state index contributed by atoms with van der Waals surface area (Å²) >= 11 is 0. The monoisotopic (exact) mass is 442 g/mol. The Labute approximate surface area is 190 Å². The lowest BCUT2D eigenvalue weighted by atomic mass is 10.1. The maximum Gasteiger partial charge on any atom is 0.271 e. The number of nitrogens with zero attached hydrogens (tertiary/aromatic N) is 3. The number of hydrogen-bond donors (Lipinski definition) is 1. The first kappa shape index (κ1) is 21.8. The summed E-state index contributed by atoms with van der Waals surface area (Å²) in [5.41, 5.74) is 5.48. The second kappa shape index (κ2) is 8.96.